The molecular formula is C25H31NO. The van der Waals surface area contributed by atoms with Gasteiger partial charge in [0.05, 0.1) is 5.60 Å². The summed E-state index contributed by atoms with van der Waals surface area (Å²) >= 11 is 0. The van der Waals surface area contributed by atoms with Crippen LogP contribution in [-0.2, 0) is 12.8 Å². The molecule has 0 aromatic heterocycles. The number of hydrogen-bond donors (Lipinski definition) is 1. The molecule has 2 aromatic carbocycles. The van der Waals surface area contributed by atoms with Gasteiger partial charge in [-0.1, -0.05) is 63.2 Å². The summed E-state index contributed by atoms with van der Waals surface area (Å²) in [5.41, 5.74) is 6.92. The highest BCUT2D eigenvalue weighted by Crippen LogP contribution is 2.51. The molecule has 0 bridgehead atoms. The first-order valence-electron chi connectivity index (χ1n) is 10.5. The summed E-state index contributed by atoms with van der Waals surface area (Å²) in [6.07, 6.45) is 3.93. The summed E-state index contributed by atoms with van der Waals surface area (Å²) in [7, 11) is 0. The van der Waals surface area contributed by atoms with Crippen molar-refractivity contribution >= 4 is 0 Å². The minimum Gasteiger partial charge on any atom is -0.389 e. The van der Waals surface area contributed by atoms with Crippen molar-refractivity contribution in [2.24, 2.45) is 5.41 Å². The van der Waals surface area contributed by atoms with E-state index in [1.807, 2.05) is 0 Å². The van der Waals surface area contributed by atoms with Gasteiger partial charge in [-0.05, 0) is 58.9 Å². The number of rotatable bonds is 0. The number of hydrogen-bond acceptors (Lipinski definition) is 2. The van der Waals surface area contributed by atoms with Crippen LogP contribution in [0.3, 0.4) is 0 Å². The van der Waals surface area contributed by atoms with Crippen LogP contribution in [0.1, 0.15) is 73.4 Å². The zero-order chi connectivity index (χ0) is 18.8. The Labute approximate surface area is 163 Å². The lowest BCUT2D eigenvalue weighted by atomic mass is 9.66. The largest absolute Gasteiger partial charge is 0.389 e. The molecule has 2 aliphatic heterocycles. The molecule has 1 aliphatic carbocycles. The zero-order valence-electron chi connectivity index (χ0n) is 16.8. The summed E-state index contributed by atoms with van der Waals surface area (Å²) in [5, 5.41) is 11.4. The minimum atomic E-state index is -0.586. The van der Waals surface area contributed by atoms with E-state index in [-0.39, 0.29) is 5.41 Å². The van der Waals surface area contributed by atoms with Crippen molar-refractivity contribution in [1.82, 2.24) is 4.90 Å². The SMILES string of the molecule is CC(C)(C)C1(O)CCN2C[C@H]3Cc4ccccc4Cc4cccc(c43)[C@@H]2C1. The Morgan fingerprint density at radius 3 is 2.52 bits per heavy atom. The maximum Gasteiger partial charge on any atom is 0.0726 e. The quantitative estimate of drug-likeness (QED) is 0.725. The average molecular weight is 362 g/mol. The Kier molecular flexibility index (Phi) is 3.83. The van der Waals surface area contributed by atoms with Crippen molar-refractivity contribution in [2.75, 3.05) is 13.1 Å². The third kappa shape index (κ3) is 2.68. The van der Waals surface area contributed by atoms with Crippen molar-refractivity contribution in [1.29, 1.82) is 0 Å². The second-order valence-corrected chi connectivity index (χ2v) is 10.0. The molecule has 2 aromatic rings. The van der Waals surface area contributed by atoms with Gasteiger partial charge >= 0.3 is 0 Å². The zero-order valence-corrected chi connectivity index (χ0v) is 16.8. The van der Waals surface area contributed by atoms with Gasteiger partial charge in [0.2, 0.25) is 0 Å². The summed E-state index contributed by atoms with van der Waals surface area (Å²) in [5.74, 6) is 0.580. The van der Waals surface area contributed by atoms with Crippen molar-refractivity contribution in [3.63, 3.8) is 0 Å². The van der Waals surface area contributed by atoms with E-state index in [2.05, 4.69) is 68.1 Å². The van der Waals surface area contributed by atoms with Crippen LogP contribution in [0.4, 0.5) is 0 Å². The molecule has 1 unspecified atom stereocenters. The lowest BCUT2D eigenvalue weighted by Gasteiger charge is -2.53. The maximum absolute atomic E-state index is 11.4. The number of fused-ring (bicyclic) bond motifs is 3. The fourth-order valence-corrected chi connectivity index (χ4v) is 5.76. The molecule has 2 heterocycles. The molecule has 27 heavy (non-hydrogen) atoms. The average Bonchev–Trinajstić information content (AvgIpc) is 2.79. The first kappa shape index (κ1) is 17.5. The van der Waals surface area contributed by atoms with E-state index in [0.717, 1.165) is 38.8 Å². The van der Waals surface area contributed by atoms with Crippen molar-refractivity contribution in [2.45, 2.75) is 64.0 Å². The van der Waals surface area contributed by atoms with Gasteiger partial charge < -0.3 is 5.11 Å². The second kappa shape index (κ2) is 5.93. The van der Waals surface area contributed by atoms with Gasteiger partial charge in [-0.2, -0.15) is 0 Å². The summed E-state index contributed by atoms with van der Waals surface area (Å²) in [6, 6.07) is 16.3. The lowest BCUT2D eigenvalue weighted by Crippen LogP contribution is -2.55. The third-order valence-electron chi connectivity index (χ3n) is 7.60. The van der Waals surface area contributed by atoms with Gasteiger partial charge in [0.15, 0.2) is 0 Å². The monoisotopic (exact) mass is 361 g/mol. The summed E-state index contributed by atoms with van der Waals surface area (Å²) < 4.78 is 0. The molecule has 0 radical (unpaired) electrons. The fourth-order valence-electron chi connectivity index (χ4n) is 5.76. The molecule has 2 nitrogen and oxygen atoms in total. The molecular weight excluding hydrogens is 330 g/mol. The molecule has 3 atom stereocenters. The van der Waals surface area contributed by atoms with Crippen molar-refractivity contribution < 1.29 is 5.11 Å². The first-order valence-corrected chi connectivity index (χ1v) is 10.5. The Morgan fingerprint density at radius 1 is 1.00 bits per heavy atom. The van der Waals surface area contributed by atoms with Crippen LogP contribution in [0.2, 0.25) is 0 Å². The number of aliphatic hydroxyl groups is 1. The highest BCUT2D eigenvalue weighted by molar-refractivity contribution is 5.49. The van der Waals surface area contributed by atoms with E-state index in [1.165, 1.54) is 22.3 Å². The van der Waals surface area contributed by atoms with Crippen LogP contribution in [0.25, 0.3) is 0 Å². The highest BCUT2D eigenvalue weighted by atomic mass is 16.3. The predicted octanol–water partition coefficient (Wildman–Crippen LogP) is 4.84. The van der Waals surface area contributed by atoms with E-state index < -0.39 is 5.60 Å². The van der Waals surface area contributed by atoms with Crippen LogP contribution in [-0.4, -0.2) is 28.7 Å². The van der Waals surface area contributed by atoms with Crippen molar-refractivity contribution in [3.8, 4) is 0 Å². The van der Waals surface area contributed by atoms with E-state index >= 15 is 0 Å². The fraction of sp³-hybridized carbons (Fsp3) is 0.520. The van der Waals surface area contributed by atoms with Crippen LogP contribution >= 0.6 is 0 Å². The van der Waals surface area contributed by atoms with Gasteiger partial charge in [-0.3, -0.25) is 4.90 Å². The summed E-state index contributed by atoms with van der Waals surface area (Å²) in [4.78, 5) is 2.66. The molecule has 1 saturated heterocycles. The van der Waals surface area contributed by atoms with Gasteiger partial charge in [0.1, 0.15) is 0 Å². The second-order valence-electron chi connectivity index (χ2n) is 10.0. The highest BCUT2D eigenvalue weighted by Gasteiger charge is 2.49. The lowest BCUT2D eigenvalue weighted by molar-refractivity contribution is -0.120. The smallest absolute Gasteiger partial charge is 0.0726 e. The molecule has 5 rings (SSSR count). The Morgan fingerprint density at radius 2 is 1.74 bits per heavy atom. The number of nitrogens with zero attached hydrogens (tertiary/aromatic N) is 1. The Hall–Kier alpha value is -1.64. The predicted molar refractivity (Wildman–Crippen MR) is 110 cm³/mol. The van der Waals surface area contributed by atoms with Crippen molar-refractivity contribution in [3.05, 3.63) is 70.3 Å². The van der Waals surface area contributed by atoms with Crippen LogP contribution in [0.5, 0.6) is 0 Å². The topological polar surface area (TPSA) is 23.5 Å². The molecule has 2 heteroatoms. The normalized spacial score (nSPS) is 30.1. The first-order chi connectivity index (χ1) is 12.9. The van der Waals surface area contributed by atoms with Gasteiger partial charge in [0.25, 0.3) is 0 Å². The van der Waals surface area contributed by atoms with Crippen LogP contribution in [0, 0.1) is 5.41 Å². The number of piperidine rings is 1. The third-order valence-corrected chi connectivity index (χ3v) is 7.60. The van der Waals surface area contributed by atoms with E-state index in [4.69, 9.17) is 0 Å². The molecule has 0 amide bonds. The Balaban J connectivity index is 1.60. The van der Waals surface area contributed by atoms with Gasteiger partial charge in [0, 0.05) is 25.0 Å². The van der Waals surface area contributed by atoms with E-state index in [9.17, 15) is 5.11 Å². The minimum absolute atomic E-state index is 0.0854. The van der Waals surface area contributed by atoms with Crippen LogP contribution in [0.15, 0.2) is 42.5 Å². The molecule has 1 fully saturated rings. The number of benzene rings is 2. The molecule has 0 spiro atoms. The van der Waals surface area contributed by atoms with Gasteiger partial charge in [-0.15, -0.1) is 0 Å². The van der Waals surface area contributed by atoms with Crippen LogP contribution < -0.4 is 0 Å². The van der Waals surface area contributed by atoms with Gasteiger partial charge in [-0.25, -0.2) is 0 Å². The summed E-state index contributed by atoms with van der Waals surface area (Å²) in [6.45, 7) is 8.70. The molecule has 0 saturated carbocycles. The van der Waals surface area contributed by atoms with E-state index in [0.29, 0.717) is 12.0 Å². The molecule has 3 aliphatic rings. The maximum atomic E-state index is 11.4. The molecule has 1 N–H and O–H groups in total. The molecule has 142 valence electrons. The Bertz CT molecular complexity index is 880. The standard InChI is InChI=1S/C25H31NO/c1-24(2,3)25(27)11-12-26-16-20-14-18-8-5-4-7-17(18)13-19-9-6-10-21(23(19)20)22(26)15-25/h4-10,20,22,27H,11-16H2,1-3H3/t20-,22+,25?/m1/s1. The van der Waals surface area contributed by atoms with E-state index in [1.54, 1.807) is 5.56 Å².